The van der Waals surface area contributed by atoms with E-state index in [0.29, 0.717) is 47.2 Å². The molecule has 4 amide bonds. The number of carbonyl (C=O) groups excluding carboxylic acids is 4. The standard InChI is InChI=1S/C39H65N11O4/c1-30(51)41-31-24-35(48(9)27-31)38(53)43-33-26-36(39(54)42-32-25-34(47(8)28-32)37(52)40-16-13-17-44(2)3)50(29-33)23-12-10-11-20-49(21-14-18-45(4)5)22-15-19-46(6)7/h24-29H,10-23H2,1-9H3,(H,40,52)(H,41,51)(H,42,54)(H,43,53). The summed E-state index contributed by atoms with van der Waals surface area (Å²) in [6.45, 7) is 8.72. The monoisotopic (exact) mass is 752 g/mol. The van der Waals surface area contributed by atoms with Crippen LogP contribution < -0.4 is 21.3 Å². The Morgan fingerprint density at radius 3 is 1.56 bits per heavy atom. The first-order valence-corrected chi connectivity index (χ1v) is 19.0. The molecule has 0 unspecified atom stereocenters. The highest BCUT2D eigenvalue weighted by molar-refractivity contribution is 6.07. The van der Waals surface area contributed by atoms with E-state index in [1.165, 1.54) is 6.92 Å². The van der Waals surface area contributed by atoms with E-state index in [1.807, 2.05) is 18.7 Å². The largest absolute Gasteiger partial charge is 0.351 e. The second-order valence-corrected chi connectivity index (χ2v) is 15.0. The number of aromatic nitrogens is 3. The van der Waals surface area contributed by atoms with Gasteiger partial charge in [-0.25, -0.2) is 0 Å². The minimum Gasteiger partial charge on any atom is -0.351 e. The normalized spacial score (nSPS) is 11.6. The number of nitrogens with one attached hydrogen (secondary N) is 4. The van der Waals surface area contributed by atoms with E-state index in [2.05, 4.69) is 69.1 Å². The van der Waals surface area contributed by atoms with E-state index in [9.17, 15) is 19.2 Å². The Morgan fingerprint density at radius 1 is 0.537 bits per heavy atom. The van der Waals surface area contributed by atoms with E-state index in [1.54, 1.807) is 60.0 Å². The van der Waals surface area contributed by atoms with E-state index in [0.717, 1.165) is 77.8 Å². The molecule has 4 N–H and O–H groups in total. The summed E-state index contributed by atoms with van der Waals surface area (Å²) in [5.74, 6) is -1.15. The molecule has 0 spiro atoms. The molecule has 0 saturated carbocycles. The molecular formula is C39H65N11O4. The van der Waals surface area contributed by atoms with Crippen LogP contribution in [0.3, 0.4) is 0 Å². The lowest BCUT2D eigenvalue weighted by Crippen LogP contribution is -2.31. The van der Waals surface area contributed by atoms with Gasteiger partial charge in [0.2, 0.25) is 5.91 Å². The number of rotatable bonds is 24. The highest BCUT2D eigenvalue weighted by Crippen LogP contribution is 2.21. The first-order valence-electron chi connectivity index (χ1n) is 19.0. The molecule has 3 aromatic rings. The molecule has 0 aliphatic rings. The molecule has 15 nitrogen and oxygen atoms in total. The molecular weight excluding hydrogens is 687 g/mol. The minimum atomic E-state index is -0.369. The van der Waals surface area contributed by atoms with Gasteiger partial charge < -0.3 is 54.6 Å². The number of hydrogen-bond donors (Lipinski definition) is 4. The molecule has 0 radical (unpaired) electrons. The van der Waals surface area contributed by atoms with E-state index in [-0.39, 0.29) is 23.6 Å². The number of anilines is 3. The first kappa shape index (κ1) is 44.0. The van der Waals surface area contributed by atoms with Gasteiger partial charge in [-0.15, -0.1) is 0 Å². The lowest BCUT2D eigenvalue weighted by Gasteiger charge is -2.24. The fraction of sp³-hybridized carbons (Fsp3) is 0.590. The Labute approximate surface area is 322 Å². The predicted molar refractivity (Wildman–Crippen MR) is 218 cm³/mol. The van der Waals surface area contributed by atoms with Gasteiger partial charge in [-0.2, -0.15) is 0 Å². The van der Waals surface area contributed by atoms with Gasteiger partial charge in [0.1, 0.15) is 17.1 Å². The van der Waals surface area contributed by atoms with E-state index < -0.39 is 0 Å². The zero-order chi connectivity index (χ0) is 39.8. The van der Waals surface area contributed by atoms with Gasteiger partial charge in [0.25, 0.3) is 17.7 Å². The van der Waals surface area contributed by atoms with Crippen LogP contribution in [0.4, 0.5) is 17.1 Å². The summed E-state index contributed by atoms with van der Waals surface area (Å²) in [5, 5.41) is 11.5. The van der Waals surface area contributed by atoms with Gasteiger partial charge in [0, 0.05) is 52.7 Å². The number of unbranched alkanes of at least 4 members (excludes halogenated alkanes) is 2. The third-order valence-corrected chi connectivity index (χ3v) is 9.04. The van der Waals surface area contributed by atoms with Crippen molar-refractivity contribution in [3.8, 4) is 0 Å². The van der Waals surface area contributed by atoms with Crippen molar-refractivity contribution < 1.29 is 19.2 Å². The van der Waals surface area contributed by atoms with Crippen LogP contribution in [0.1, 0.15) is 76.9 Å². The van der Waals surface area contributed by atoms with Crippen LogP contribution in [0.15, 0.2) is 36.8 Å². The van der Waals surface area contributed by atoms with Gasteiger partial charge in [0.15, 0.2) is 0 Å². The van der Waals surface area contributed by atoms with Crippen LogP contribution in [-0.2, 0) is 25.4 Å². The van der Waals surface area contributed by atoms with Crippen LogP contribution in [0.2, 0.25) is 0 Å². The van der Waals surface area contributed by atoms with Crippen molar-refractivity contribution in [3.63, 3.8) is 0 Å². The SMILES string of the molecule is CC(=O)Nc1cc(C(=O)Nc2cc(C(=O)Nc3cc(C(=O)NCCCN(C)C)n(C)c3)n(CCCCCN(CCCN(C)C)CCCN(C)C)c2)n(C)c1. The lowest BCUT2D eigenvalue weighted by molar-refractivity contribution is -0.114. The summed E-state index contributed by atoms with van der Waals surface area (Å²) in [6, 6.07) is 4.94. The molecule has 0 saturated heterocycles. The Kier molecular flexibility index (Phi) is 18.0. The maximum Gasteiger partial charge on any atom is 0.272 e. The van der Waals surface area contributed by atoms with Crippen molar-refractivity contribution in [1.82, 2.24) is 38.6 Å². The van der Waals surface area contributed by atoms with Crippen molar-refractivity contribution >= 4 is 40.7 Å². The van der Waals surface area contributed by atoms with Gasteiger partial charge in [-0.05, 0) is 132 Å². The van der Waals surface area contributed by atoms with Crippen molar-refractivity contribution in [2.75, 3.05) is 104 Å². The van der Waals surface area contributed by atoms with Crippen molar-refractivity contribution in [2.24, 2.45) is 14.1 Å². The second-order valence-electron chi connectivity index (χ2n) is 15.0. The Balaban J connectivity index is 1.72. The maximum absolute atomic E-state index is 13.8. The molecule has 3 heterocycles. The summed E-state index contributed by atoms with van der Waals surface area (Å²) in [6.07, 6.45) is 11.2. The summed E-state index contributed by atoms with van der Waals surface area (Å²) >= 11 is 0. The fourth-order valence-electron chi connectivity index (χ4n) is 6.30. The van der Waals surface area contributed by atoms with Crippen LogP contribution in [0, 0.1) is 0 Å². The van der Waals surface area contributed by atoms with Crippen LogP contribution >= 0.6 is 0 Å². The number of amides is 4. The number of aryl methyl sites for hydroxylation is 3. The quantitative estimate of drug-likeness (QED) is 0.102. The summed E-state index contributed by atoms with van der Waals surface area (Å²) in [7, 11) is 15.9. The topological polar surface area (TPSA) is 144 Å². The van der Waals surface area contributed by atoms with Crippen LogP contribution in [0.25, 0.3) is 0 Å². The van der Waals surface area contributed by atoms with E-state index in [4.69, 9.17) is 0 Å². The molecule has 54 heavy (non-hydrogen) atoms. The third kappa shape index (κ3) is 15.1. The highest BCUT2D eigenvalue weighted by atomic mass is 16.2. The average Bonchev–Trinajstić information content (AvgIpc) is 3.77. The molecule has 15 heteroatoms. The van der Waals surface area contributed by atoms with Gasteiger partial charge in [-0.1, -0.05) is 6.42 Å². The molecule has 0 bridgehead atoms. The van der Waals surface area contributed by atoms with Gasteiger partial charge in [-0.3, -0.25) is 19.2 Å². The lowest BCUT2D eigenvalue weighted by atomic mass is 10.2. The fourth-order valence-corrected chi connectivity index (χ4v) is 6.30. The molecule has 0 atom stereocenters. The molecule has 0 aliphatic heterocycles. The molecule has 3 rings (SSSR count). The Bertz CT molecular complexity index is 1640. The number of nitrogens with zero attached hydrogens (tertiary/aromatic N) is 7. The van der Waals surface area contributed by atoms with E-state index >= 15 is 0 Å². The maximum atomic E-state index is 13.8. The predicted octanol–water partition coefficient (Wildman–Crippen LogP) is 3.69. The summed E-state index contributed by atoms with van der Waals surface area (Å²) in [5.41, 5.74) is 2.69. The Hall–Kier alpha value is -4.44. The molecule has 0 aliphatic carbocycles. The number of carbonyl (C=O) groups is 4. The van der Waals surface area contributed by atoms with Gasteiger partial charge in [0.05, 0.1) is 17.1 Å². The van der Waals surface area contributed by atoms with Crippen molar-refractivity contribution in [2.45, 2.75) is 52.0 Å². The summed E-state index contributed by atoms with van der Waals surface area (Å²) in [4.78, 5) is 60.6. The number of hydrogen-bond acceptors (Lipinski definition) is 8. The van der Waals surface area contributed by atoms with Crippen molar-refractivity contribution in [3.05, 3.63) is 53.9 Å². The van der Waals surface area contributed by atoms with Crippen LogP contribution in [-0.4, -0.2) is 145 Å². The zero-order valence-corrected chi connectivity index (χ0v) is 34.1. The summed E-state index contributed by atoms with van der Waals surface area (Å²) < 4.78 is 5.22. The van der Waals surface area contributed by atoms with Gasteiger partial charge >= 0.3 is 0 Å². The third-order valence-electron chi connectivity index (χ3n) is 9.04. The first-order chi connectivity index (χ1) is 25.6. The molecule has 300 valence electrons. The highest BCUT2D eigenvalue weighted by Gasteiger charge is 2.20. The Morgan fingerprint density at radius 2 is 1.00 bits per heavy atom. The van der Waals surface area contributed by atoms with Crippen LogP contribution in [0.5, 0.6) is 0 Å². The smallest absolute Gasteiger partial charge is 0.272 e. The molecule has 0 aromatic carbocycles. The average molecular weight is 752 g/mol. The molecule has 0 fully saturated rings. The minimum absolute atomic E-state index is 0.207. The zero-order valence-electron chi connectivity index (χ0n) is 34.1. The second kappa shape index (κ2) is 22.1. The molecule has 3 aromatic heterocycles. The van der Waals surface area contributed by atoms with Crippen molar-refractivity contribution in [1.29, 1.82) is 0 Å².